The van der Waals surface area contributed by atoms with Gasteiger partial charge in [-0.05, 0) is 148 Å². The lowest BCUT2D eigenvalue weighted by Crippen LogP contribution is -2.60. The van der Waals surface area contributed by atoms with Crippen LogP contribution in [-0.2, 0) is 0 Å². The molecule has 0 spiro atoms. The van der Waals surface area contributed by atoms with Crippen molar-refractivity contribution in [1.29, 1.82) is 0 Å². The Labute approximate surface area is 229 Å². The molecule has 0 amide bonds. The summed E-state index contributed by atoms with van der Waals surface area (Å²) in [5.41, 5.74) is -2.38. The van der Waals surface area contributed by atoms with E-state index in [-0.39, 0.29) is 24.2 Å². The molecule has 0 aromatic carbocycles. The van der Waals surface area contributed by atoms with E-state index in [9.17, 15) is 23.4 Å². The lowest BCUT2D eigenvalue weighted by molar-refractivity contribution is -0.290. The third kappa shape index (κ3) is 4.90. The smallest absolute Gasteiger partial charge is 0.390 e. The first-order valence-corrected chi connectivity index (χ1v) is 16.0. The van der Waals surface area contributed by atoms with Gasteiger partial charge >= 0.3 is 6.18 Å². The van der Waals surface area contributed by atoms with Crippen molar-refractivity contribution in [3.05, 3.63) is 0 Å². The molecule has 5 fully saturated rings. The van der Waals surface area contributed by atoms with Crippen LogP contribution < -0.4 is 0 Å². The van der Waals surface area contributed by atoms with Crippen molar-refractivity contribution in [2.45, 2.75) is 155 Å². The van der Waals surface area contributed by atoms with Gasteiger partial charge in [-0.25, -0.2) is 0 Å². The quantitative estimate of drug-likeness (QED) is 0.373. The minimum Gasteiger partial charge on any atom is -0.390 e. The Balaban J connectivity index is 1.27. The Bertz CT molecular complexity index is 859. The highest BCUT2D eigenvalue weighted by Gasteiger charge is 2.64. The van der Waals surface area contributed by atoms with Crippen molar-refractivity contribution >= 4 is 0 Å². The van der Waals surface area contributed by atoms with E-state index in [4.69, 9.17) is 0 Å². The Hall–Kier alpha value is -0.290. The van der Waals surface area contributed by atoms with Gasteiger partial charge in [-0.15, -0.1) is 0 Å². The average molecular weight is 541 g/mol. The first-order valence-electron chi connectivity index (χ1n) is 16.0. The first-order chi connectivity index (χ1) is 17.5. The molecule has 5 aliphatic rings. The van der Waals surface area contributed by atoms with Crippen LogP contribution in [0.4, 0.5) is 13.2 Å². The van der Waals surface area contributed by atoms with E-state index in [0.717, 1.165) is 57.8 Å². The van der Waals surface area contributed by atoms with E-state index in [1.165, 1.54) is 25.7 Å². The zero-order valence-corrected chi connectivity index (χ0v) is 24.8. The van der Waals surface area contributed by atoms with Crippen LogP contribution >= 0.6 is 0 Å². The first kappa shape index (κ1) is 29.2. The van der Waals surface area contributed by atoms with Crippen LogP contribution in [0, 0.1) is 51.8 Å². The molecule has 0 radical (unpaired) electrons. The number of fused-ring (bicyclic) bond motifs is 5. The maximum Gasteiger partial charge on any atom is 0.417 e. The van der Waals surface area contributed by atoms with Crippen molar-refractivity contribution in [2.24, 2.45) is 51.8 Å². The third-order valence-corrected chi connectivity index (χ3v) is 13.9. The molecule has 0 heterocycles. The van der Waals surface area contributed by atoms with Gasteiger partial charge in [0.2, 0.25) is 0 Å². The summed E-state index contributed by atoms with van der Waals surface area (Å²) in [6, 6.07) is 0. The van der Waals surface area contributed by atoms with Crippen LogP contribution in [0.3, 0.4) is 0 Å². The summed E-state index contributed by atoms with van der Waals surface area (Å²) in [7, 11) is 0. The molecule has 5 saturated carbocycles. The predicted octanol–water partition coefficient (Wildman–Crippen LogP) is 9.08. The Morgan fingerprint density at radius 1 is 0.763 bits per heavy atom. The maximum absolute atomic E-state index is 13.7. The van der Waals surface area contributed by atoms with Gasteiger partial charge in [0, 0.05) is 0 Å². The van der Waals surface area contributed by atoms with Gasteiger partial charge in [0.05, 0.1) is 5.60 Å². The molecule has 0 saturated heterocycles. The summed E-state index contributed by atoms with van der Waals surface area (Å²) in [6.07, 6.45) is 9.92. The van der Waals surface area contributed by atoms with Crippen LogP contribution in [0.1, 0.15) is 137 Å². The molecule has 0 bridgehead atoms. The molecule has 5 rings (SSSR count). The molecule has 0 unspecified atom stereocenters. The van der Waals surface area contributed by atoms with E-state index in [1.54, 1.807) is 0 Å². The number of alkyl halides is 3. The van der Waals surface area contributed by atoms with E-state index in [2.05, 4.69) is 34.6 Å². The lowest BCUT2D eigenvalue weighted by atomic mass is 9.40. The second kappa shape index (κ2) is 9.63. The highest BCUT2D eigenvalue weighted by atomic mass is 19.4. The number of halogens is 3. The fourth-order valence-electron chi connectivity index (χ4n) is 11.0. The van der Waals surface area contributed by atoms with E-state index in [1.807, 2.05) is 0 Å². The second-order valence-electron chi connectivity index (χ2n) is 16.4. The topological polar surface area (TPSA) is 40.5 Å². The molecule has 0 aromatic rings. The SMILES string of the molecule is C[C@H](CCC1(O)CCC(C)(C)CC1)[C@H]1CCC[C@H]2[C@@H]3CC[C@H]4C[C@](O)(C(F)(F)F)CC[C@]4(C)[C@H]3CC[C@]12C. The van der Waals surface area contributed by atoms with Crippen molar-refractivity contribution in [3.63, 3.8) is 0 Å². The zero-order valence-electron chi connectivity index (χ0n) is 24.8. The van der Waals surface area contributed by atoms with Crippen molar-refractivity contribution in [1.82, 2.24) is 0 Å². The standard InChI is InChI=1S/C33H55F3O2/c1-22(11-14-31(37)18-15-28(2,3)16-19-31)25-7-6-8-26-24-10-9-23-21-32(38,33(34,35)36)20-17-29(23,4)27(24)12-13-30(25,26)5/h22-27,37-38H,6-21H2,1-5H3/t22-,23+,24+,25-,26+,27+,29+,30-,32+/m1/s1. The normalized spacial score (nSPS) is 47.4. The summed E-state index contributed by atoms with van der Waals surface area (Å²) >= 11 is 0. The van der Waals surface area contributed by atoms with E-state index >= 15 is 0 Å². The largest absolute Gasteiger partial charge is 0.417 e. The zero-order chi connectivity index (χ0) is 27.8. The monoisotopic (exact) mass is 540 g/mol. The molecule has 9 atom stereocenters. The third-order valence-electron chi connectivity index (χ3n) is 13.9. The number of hydrogen-bond donors (Lipinski definition) is 2. The minimum atomic E-state index is -4.52. The number of aliphatic hydroxyl groups is 2. The molecule has 2 nitrogen and oxygen atoms in total. The van der Waals surface area contributed by atoms with Gasteiger partial charge in [-0.1, -0.05) is 41.0 Å². The van der Waals surface area contributed by atoms with Gasteiger partial charge in [0.15, 0.2) is 5.60 Å². The van der Waals surface area contributed by atoms with E-state index < -0.39 is 17.4 Å². The van der Waals surface area contributed by atoms with Crippen LogP contribution in [0.2, 0.25) is 0 Å². The van der Waals surface area contributed by atoms with E-state index in [0.29, 0.717) is 46.8 Å². The van der Waals surface area contributed by atoms with Crippen LogP contribution in [0.25, 0.3) is 0 Å². The fourth-order valence-corrected chi connectivity index (χ4v) is 11.0. The average Bonchev–Trinajstić information content (AvgIpc) is 2.84. The molecule has 2 N–H and O–H groups in total. The fraction of sp³-hybridized carbons (Fsp3) is 1.00. The van der Waals surface area contributed by atoms with Crippen LogP contribution in [0.15, 0.2) is 0 Å². The van der Waals surface area contributed by atoms with Gasteiger partial charge in [0.1, 0.15) is 0 Å². The predicted molar refractivity (Wildman–Crippen MR) is 146 cm³/mol. The molecule has 0 aliphatic heterocycles. The van der Waals surface area contributed by atoms with Gasteiger partial charge in [0.25, 0.3) is 0 Å². The maximum atomic E-state index is 13.7. The Morgan fingerprint density at radius 2 is 1.42 bits per heavy atom. The van der Waals surface area contributed by atoms with Gasteiger partial charge < -0.3 is 10.2 Å². The molecular weight excluding hydrogens is 485 g/mol. The van der Waals surface area contributed by atoms with Crippen molar-refractivity contribution in [2.75, 3.05) is 0 Å². The molecule has 38 heavy (non-hydrogen) atoms. The Morgan fingerprint density at radius 3 is 2.08 bits per heavy atom. The van der Waals surface area contributed by atoms with Crippen molar-refractivity contribution in [3.8, 4) is 0 Å². The second-order valence-corrected chi connectivity index (χ2v) is 16.4. The number of rotatable bonds is 4. The summed E-state index contributed by atoms with van der Waals surface area (Å²) in [5.74, 6) is 3.04. The summed E-state index contributed by atoms with van der Waals surface area (Å²) in [4.78, 5) is 0. The van der Waals surface area contributed by atoms with Crippen LogP contribution in [0.5, 0.6) is 0 Å². The minimum absolute atomic E-state index is 0.0204. The van der Waals surface area contributed by atoms with Crippen molar-refractivity contribution < 1.29 is 23.4 Å². The molecular formula is C33H55F3O2. The molecule has 0 aromatic heterocycles. The Kier molecular flexibility index (Phi) is 7.41. The lowest BCUT2D eigenvalue weighted by Gasteiger charge is -2.65. The molecule has 5 aliphatic carbocycles. The van der Waals surface area contributed by atoms with Gasteiger partial charge in [-0.2, -0.15) is 13.2 Å². The number of hydrogen-bond acceptors (Lipinski definition) is 2. The summed E-state index contributed by atoms with van der Waals surface area (Å²) in [5, 5.41) is 21.9. The highest BCUT2D eigenvalue weighted by molar-refractivity contribution is 5.11. The molecule has 220 valence electrons. The van der Waals surface area contributed by atoms with Gasteiger partial charge in [-0.3, -0.25) is 0 Å². The van der Waals surface area contributed by atoms with Crippen LogP contribution in [-0.4, -0.2) is 27.6 Å². The highest BCUT2D eigenvalue weighted by Crippen LogP contribution is 2.68. The summed E-state index contributed by atoms with van der Waals surface area (Å²) < 4.78 is 41.1. The molecule has 5 heteroatoms. The summed E-state index contributed by atoms with van der Waals surface area (Å²) in [6.45, 7) is 11.9.